The van der Waals surface area contributed by atoms with Crippen molar-refractivity contribution in [2.24, 2.45) is 0 Å². The number of aliphatic hydroxyl groups excluding tert-OH is 1. The quantitative estimate of drug-likeness (QED) is 0.248. The molecule has 2 unspecified atom stereocenters. The van der Waals surface area contributed by atoms with Gasteiger partial charge in [-0.3, -0.25) is 4.90 Å². The smallest absolute Gasteiger partial charge is 0.123 e. The number of aliphatic hydroxyl groups is 1. The number of likely N-dealkylation sites (tertiary alicyclic amines) is 1. The lowest BCUT2D eigenvalue weighted by Crippen LogP contribution is -2.57. The standard InChI is InChI=1S/C34H36FNO3.ClH/c35-30-10-13-32(14-11-30)39-24-31(37)22-36-18-4-3-16-34(36)17-15-28-20-33(12-9-29(28)21-34)38-23-25-7-8-26-5-1-2-6-27(26)19-25;/h1-2,5-14,19-20,31,37H,3-4,15-18,21-24H2;1H. The lowest BCUT2D eigenvalue weighted by molar-refractivity contribution is -0.0147. The summed E-state index contributed by atoms with van der Waals surface area (Å²) in [5, 5.41) is 13.3. The molecule has 1 aliphatic heterocycles. The number of nitrogens with zero attached hydrogens (tertiary/aromatic N) is 1. The molecule has 210 valence electrons. The summed E-state index contributed by atoms with van der Waals surface area (Å²) in [5.74, 6) is 1.21. The molecule has 2 atom stereocenters. The molecule has 1 heterocycles. The molecule has 0 bridgehead atoms. The van der Waals surface area contributed by atoms with Crippen LogP contribution in [0.5, 0.6) is 11.5 Å². The fraction of sp³-hybridized carbons (Fsp3) is 0.353. The van der Waals surface area contributed by atoms with Gasteiger partial charge < -0.3 is 14.6 Å². The Bertz CT molecular complexity index is 1430. The predicted octanol–water partition coefficient (Wildman–Crippen LogP) is 7.13. The number of fused-ring (bicyclic) bond motifs is 2. The Morgan fingerprint density at radius 1 is 0.825 bits per heavy atom. The number of piperidine rings is 1. The van der Waals surface area contributed by atoms with Crippen molar-refractivity contribution in [1.82, 2.24) is 4.90 Å². The van der Waals surface area contributed by atoms with Gasteiger partial charge >= 0.3 is 0 Å². The third-order valence-electron chi connectivity index (χ3n) is 8.45. The van der Waals surface area contributed by atoms with Gasteiger partial charge in [0.15, 0.2) is 0 Å². The normalized spacial score (nSPS) is 19.6. The Morgan fingerprint density at radius 2 is 1.62 bits per heavy atom. The first kappa shape index (κ1) is 28.4. The number of hydrogen-bond donors (Lipinski definition) is 1. The van der Waals surface area contributed by atoms with Crippen LogP contribution in [0.4, 0.5) is 4.39 Å². The maximum absolute atomic E-state index is 13.2. The van der Waals surface area contributed by atoms with E-state index < -0.39 is 6.10 Å². The highest BCUT2D eigenvalue weighted by Gasteiger charge is 2.41. The zero-order chi connectivity index (χ0) is 26.7. The summed E-state index contributed by atoms with van der Waals surface area (Å²) < 4.78 is 25.1. The molecular weight excluding hydrogens is 525 g/mol. The van der Waals surface area contributed by atoms with E-state index in [4.69, 9.17) is 9.47 Å². The van der Waals surface area contributed by atoms with Crippen molar-refractivity contribution in [2.75, 3.05) is 19.7 Å². The van der Waals surface area contributed by atoms with Crippen molar-refractivity contribution in [2.45, 2.75) is 56.8 Å². The molecule has 1 aliphatic carbocycles. The van der Waals surface area contributed by atoms with Gasteiger partial charge in [-0.1, -0.05) is 48.9 Å². The Balaban J connectivity index is 0.00000323. The van der Waals surface area contributed by atoms with E-state index in [1.54, 1.807) is 12.1 Å². The van der Waals surface area contributed by atoms with Crippen LogP contribution in [0.2, 0.25) is 0 Å². The molecule has 6 heteroatoms. The van der Waals surface area contributed by atoms with Gasteiger partial charge in [0, 0.05) is 12.1 Å². The summed E-state index contributed by atoms with van der Waals surface area (Å²) >= 11 is 0. The van der Waals surface area contributed by atoms with Gasteiger partial charge in [0.05, 0.1) is 0 Å². The van der Waals surface area contributed by atoms with Crippen LogP contribution >= 0.6 is 12.4 Å². The van der Waals surface area contributed by atoms with Crippen molar-refractivity contribution < 1.29 is 19.0 Å². The summed E-state index contributed by atoms with van der Waals surface area (Å²) in [7, 11) is 0. The fourth-order valence-electron chi connectivity index (χ4n) is 6.35. The van der Waals surface area contributed by atoms with Crippen LogP contribution in [0.1, 0.15) is 42.4 Å². The summed E-state index contributed by atoms with van der Waals surface area (Å²) in [6, 6.07) is 27.4. The van der Waals surface area contributed by atoms with Gasteiger partial charge in [-0.25, -0.2) is 4.39 Å². The molecule has 4 nitrogen and oxygen atoms in total. The molecule has 1 spiro atoms. The average Bonchev–Trinajstić information content (AvgIpc) is 2.97. The van der Waals surface area contributed by atoms with E-state index in [0.29, 0.717) is 18.9 Å². The van der Waals surface area contributed by atoms with E-state index in [1.165, 1.54) is 46.0 Å². The van der Waals surface area contributed by atoms with Crippen molar-refractivity contribution in [3.63, 3.8) is 0 Å². The Morgan fingerprint density at radius 3 is 2.48 bits per heavy atom. The van der Waals surface area contributed by atoms with Crippen molar-refractivity contribution in [1.29, 1.82) is 0 Å². The summed E-state index contributed by atoms with van der Waals surface area (Å²) in [6.07, 6.45) is 6.03. The van der Waals surface area contributed by atoms with Gasteiger partial charge in [0.1, 0.15) is 36.6 Å². The number of benzene rings is 4. The lowest BCUT2D eigenvalue weighted by Gasteiger charge is -2.50. The maximum atomic E-state index is 13.2. The number of ether oxygens (including phenoxy) is 2. The highest BCUT2D eigenvalue weighted by molar-refractivity contribution is 5.85. The van der Waals surface area contributed by atoms with Crippen LogP contribution in [0.15, 0.2) is 84.9 Å². The van der Waals surface area contributed by atoms with Crippen LogP contribution in [0.25, 0.3) is 10.8 Å². The molecule has 0 amide bonds. The van der Waals surface area contributed by atoms with Gasteiger partial charge in [-0.2, -0.15) is 0 Å². The van der Waals surface area contributed by atoms with Crippen molar-refractivity contribution in [3.05, 3.63) is 107 Å². The van der Waals surface area contributed by atoms with Crippen LogP contribution < -0.4 is 9.47 Å². The molecule has 1 saturated heterocycles. The summed E-state index contributed by atoms with van der Waals surface area (Å²) in [5.41, 5.74) is 4.02. The Hall–Kier alpha value is -3.12. The number of hydrogen-bond acceptors (Lipinski definition) is 4. The van der Waals surface area contributed by atoms with Gasteiger partial charge in [0.25, 0.3) is 0 Å². The molecule has 6 rings (SSSR count). The molecule has 0 aromatic heterocycles. The van der Waals surface area contributed by atoms with E-state index in [9.17, 15) is 9.50 Å². The van der Waals surface area contributed by atoms with E-state index in [2.05, 4.69) is 65.6 Å². The van der Waals surface area contributed by atoms with Gasteiger partial charge in [-0.05, 0) is 109 Å². The number of rotatable bonds is 8. The SMILES string of the molecule is Cl.OC(COc1ccc(F)cc1)CN1CCCCC12CCc1cc(OCc3ccc4ccccc4c3)ccc1C2. The Labute approximate surface area is 242 Å². The monoisotopic (exact) mass is 561 g/mol. The first-order valence-corrected chi connectivity index (χ1v) is 14.1. The minimum absolute atomic E-state index is 0. The first-order chi connectivity index (χ1) is 19.1. The number of aryl methyl sites for hydroxylation is 1. The van der Waals surface area contributed by atoms with Crippen LogP contribution in [-0.2, 0) is 19.4 Å². The average molecular weight is 562 g/mol. The van der Waals surface area contributed by atoms with Crippen LogP contribution in [-0.4, -0.2) is 41.3 Å². The largest absolute Gasteiger partial charge is 0.491 e. The van der Waals surface area contributed by atoms with Gasteiger partial charge in [-0.15, -0.1) is 12.4 Å². The first-order valence-electron chi connectivity index (χ1n) is 14.1. The third-order valence-corrected chi connectivity index (χ3v) is 8.45. The molecule has 0 saturated carbocycles. The topological polar surface area (TPSA) is 41.9 Å². The van der Waals surface area contributed by atoms with Crippen LogP contribution in [0, 0.1) is 5.82 Å². The fourth-order valence-corrected chi connectivity index (χ4v) is 6.35. The maximum Gasteiger partial charge on any atom is 0.123 e. The van der Waals surface area contributed by atoms with E-state index >= 15 is 0 Å². The zero-order valence-electron chi connectivity index (χ0n) is 22.7. The second-order valence-electron chi connectivity index (χ2n) is 11.1. The molecule has 4 aromatic carbocycles. The number of halogens is 2. The van der Waals surface area contributed by atoms with Crippen molar-refractivity contribution >= 4 is 23.2 Å². The molecule has 0 radical (unpaired) electrons. The second-order valence-corrected chi connectivity index (χ2v) is 11.1. The van der Waals surface area contributed by atoms with Crippen LogP contribution in [0.3, 0.4) is 0 Å². The molecular formula is C34H37ClFNO3. The zero-order valence-corrected chi connectivity index (χ0v) is 23.5. The molecule has 1 N–H and O–H groups in total. The predicted molar refractivity (Wildman–Crippen MR) is 160 cm³/mol. The van der Waals surface area contributed by atoms with Crippen molar-refractivity contribution in [3.8, 4) is 11.5 Å². The summed E-state index contributed by atoms with van der Waals surface area (Å²) in [4.78, 5) is 2.50. The third kappa shape index (κ3) is 6.43. The van der Waals surface area contributed by atoms with E-state index in [0.717, 1.165) is 44.4 Å². The molecule has 40 heavy (non-hydrogen) atoms. The number of β-amino-alcohol motifs (C(OH)–C–C–N with tert-alkyl or cyclic N) is 1. The minimum atomic E-state index is -0.600. The highest BCUT2D eigenvalue weighted by atomic mass is 35.5. The van der Waals surface area contributed by atoms with E-state index in [1.807, 2.05) is 0 Å². The lowest BCUT2D eigenvalue weighted by atomic mass is 9.72. The summed E-state index contributed by atoms with van der Waals surface area (Å²) in [6.45, 7) is 2.34. The second kappa shape index (κ2) is 12.6. The molecule has 4 aromatic rings. The minimum Gasteiger partial charge on any atom is -0.491 e. The Kier molecular flexibility index (Phi) is 8.94. The molecule has 1 fully saturated rings. The molecule has 2 aliphatic rings. The van der Waals surface area contributed by atoms with E-state index in [-0.39, 0.29) is 30.4 Å². The highest BCUT2D eigenvalue weighted by Crippen LogP contribution is 2.41. The van der Waals surface area contributed by atoms with Gasteiger partial charge in [0.2, 0.25) is 0 Å².